The minimum Gasteiger partial charge on any atom is -0.300 e. The Morgan fingerprint density at radius 2 is 1.39 bits per heavy atom. The summed E-state index contributed by atoms with van der Waals surface area (Å²) in [6, 6.07) is 11.1. The maximum Gasteiger partial charge on any atom is 0.232 e. The molecule has 1 aliphatic carbocycles. The fourth-order valence-electron chi connectivity index (χ4n) is 4.44. The van der Waals surface area contributed by atoms with Gasteiger partial charge in [-0.15, -0.1) is 20.4 Å². The van der Waals surface area contributed by atoms with Crippen LogP contribution in [0.25, 0.3) is 0 Å². The van der Waals surface area contributed by atoms with E-state index in [0.29, 0.717) is 20.6 Å². The summed E-state index contributed by atoms with van der Waals surface area (Å²) in [5.41, 5.74) is 2.28. The van der Waals surface area contributed by atoms with Crippen LogP contribution < -0.4 is 10.6 Å². The average molecular weight is 614 g/mol. The lowest BCUT2D eigenvalue weighted by Crippen LogP contribution is -2.15. The zero-order chi connectivity index (χ0) is 26.5. The molecule has 196 valence electrons. The molecule has 13 heteroatoms. The summed E-state index contributed by atoms with van der Waals surface area (Å²) in [4.78, 5) is 33.6. The fourth-order valence-corrected chi connectivity index (χ4v) is 6.64. The fraction of sp³-hybridized carbons (Fsp3) is 0.360. The van der Waals surface area contributed by atoms with E-state index >= 15 is 0 Å². The minimum absolute atomic E-state index is 0.161. The number of carbonyl (C=O) groups excluding carboxylic acids is 2. The lowest BCUT2D eigenvalue weighted by Gasteiger charge is -2.25. The van der Waals surface area contributed by atoms with Gasteiger partial charge in [-0.1, -0.05) is 41.2 Å². The van der Waals surface area contributed by atoms with Crippen molar-refractivity contribution in [3.8, 4) is 0 Å². The number of aromatic nitrogens is 6. The topological polar surface area (TPSA) is 136 Å². The van der Waals surface area contributed by atoms with Gasteiger partial charge in [0.1, 0.15) is 14.6 Å². The van der Waals surface area contributed by atoms with Crippen molar-refractivity contribution in [2.75, 3.05) is 10.6 Å². The Morgan fingerprint density at radius 3 is 1.95 bits per heavy atom. The van der Waals surface area contributed by atoms with Crippen molar-refractivity contribution < 1.29 is 9.59 Å². The number of halogens is 1. The van der Waals surface area contributed by atoms with Crippen LogP contribution in [0.4, 0.5) is 10.3 Å². The van der Waals surface area contributed by atoms with Gasteiger partial charge in [0.2, 0.25) is 22.1 Å². The van der Waals surface area contributed by atoms with Crippen LogP contribution >= 0.6 is 38.6 Å². The summed E-state index contributed by atoms with van der Waals surface area (Å²) in [7, 11) is 0. The molecule has 2 atom stereocenters. The number of nitrogens with one attached hydrogen (secondary N) is 2. The molecule has 0 spiro atoms. The maximum atomic E-state index is 12.5. The predicted octanol–water partition coefficient (Wildman–Crippen LogP) is 5.05. The molecule has 1 fully saturated rings. The summed E-state index contributed by atoms with van der Waals surface area (Å²) in [6.07, 6.45) is 4.28. The summed E-state index contributed by atoms with van der Waals surface area (Å²) < 4.78 is 0.692. The van der Waals surface area contributed by atoms with Crippen LogP contribution in [-0.4, -0.2) is 42.2 Å². The van der Waals surface area contributed by atoms with Gasteiger partial charge < -0.3 is 10.6 Å². The zero-order valence-electron chi connectivity index (χ0n) is 20.6. The molecule has 4 heterocycles. The summed E-state index contributed by atoms with van der Waals surface area (Å²) in [6.45, 7) is 1.90. The summed E-state index contributed by atoms with van der Waals surface area (Å²) in [5, 5.41) is 25.6. The molecule has 5 rings (SSSR count). The first-order chi connectivity index (χ1) is 18.4. The van der Waals surface area contributed by atoms with Gasteiger partial charge in [-0.3, -0.25) is 14.6 Å². The molecule has 1 saturated carbocycles. The first kappa shape index (κ1) is 26.4. The lowest BCUT2D eigenvalue weighted by atomic mass is 9.82. The van der Waals surface area contributed by atoms with Crippen molar-refractivity contribution in [1.29, 1.82) is 0 Å². The van der Waals surface area contributed by atoms with Crippen molar-refractivity contribution in [3.05, 3.63) is 68.1 Å². The maximum absolute atomic E-state index is 12.5. The number of anilines is 2. The zero-order valence-corrected chi connectivity index (χ0v) is 23.8. The number of rotatable bonds is 8. The van der Waals surface area contributed by atoms with Gasteiger partial charge in [0.15, 0.2) is 0 Å². The quantitative estimate of drug-likeness (QED) is 0.264. The molecule has 0 aliphatic heterocycles. The highest BCUT2D eigenvalue weighted by atomic mass is 79.9. The van der Waals surface area contributed by atoms with E-state index in [1.807, 2.05) is 43.3 Å². The van der Waals surface area contributed by atoms with E-state index in [0.717, 1.165) is 47.1 Å². The standard InChI is InChI=1S/C25H25BrN8O2S2/c1-14-5-2-8-17(27-14)12-20(35)29-24-33-31-22(37-24)15-6-3-7-16(11-15)23-32-34-25(38-23)30-21(36)13-18-9-4-10-19(26)28-18/h2,4-5,8-10,15-16H,3,6-7,11-13H2,1H3,(H,29,33,35)(H,30,34,36)/t15-,16-/m1/s1. The van der Waals surface area contributed by atoms with Crippen LogP contribution in [0.5, 0.6) is 0 Å². The van der Waals surface area contributed by atoms with E-state index in [-0.39, 0.29) is 36.5 Å². The molecule has 4 aromatic rings. The molecule has 0 saturated heterocycles. The molecule has 2 amide bonds. The van der Waals surface area contributed by atoms with Gasteiger partial charge in [-0.25, -0.2) is 4.98 Å². The van der Waals surface area contributed by atoms with Crippen molar-refractivity contribution in [2.24, 2.45) is 0 Å². The second-order valence-corrected chi connectivity index (χ2v) is 12.0. The minimum atomic E-state index is -0.179. The molecule has 4 aromatic heterocycles. The number of carbonyl (C=O) groups is 2. The third kappa shape index (κ3) is 7.03. The van der Waals surface area contributed by atoms with E-state index in [2.05, 4.69) is 56.9 Å². The summed E-state index contributed by atoms with van der Waals surface area (Å²) >= 11 is 6.16. The molecule has 38 heavy (non-hydrogen) atoms. The van der Waals surface area contributed by atoms with Crippen LogP contribution in [0.1, 0.15) is 64.6 Å². The molecule has 10 nitrogen and oxygen atoms in total. The Balaban J connectivity index is 1.15. The van der Waals surface area contributed by atoms with Crippen LogP contribution in [0.3, 0.4) is 0 Å². The Bertz CT molecular complexity index is 1340. The average Bonchev–Trinajstić information content (AvgIpc) is 3.54. The Labute approximate surface area is 235 Å². The van der Waals surface area contributed by atoms with Crippen LogP contribution in [-0.2, 0) is 22.4 Å². The van der Waals surface area contributed by atoms with Crippen molar-refractivity contribution >= 4 is 60.7 Å². The van der Waals surface area contributed by atoms with E-state index in [1.165, 1.54) is 22.7 Å². The van der Waals surface area contributed by atoms with Crippen molar-refractivity contribution in [2.45, 2.75) is 57.3 Å². The molecule has 0 bridgehead atoms. The molecule has 0 aromatic carbocycles. The smallest absolute Gasteiger partial charge is 0.232 e. The number of hydrogen-bond donors (Lipinski definition) is 2. The number of aryl methyl sites for hydroxylation is 1. The van der Waals surface area contributed by atoms with Crippen LogP contribution in [0.2, 0.25) is 0 Å². The first-order valence-electron chi connectivity index (χ1n) is 12.2. The highest BCUT2D eigenvalue weighted by Crippen LogP contribution is 2.43. The molecular weight excluding hydrogens is 588 g/mol. The van der Waals surface area contributed by atoms with E-state index in [1.54, 1.807) is 0 Å². The lowest BCUT2D eigenvalue weighted by molar-refractivity contribution is -0.116. The molecule has 1 aliphatic rings. The van der Waals surface area contributed by atoms with Gasteiger partial charge in [-0.05, 0) is 66.4 Å². The monoisotopic (exact) mass is 612 g/mol. The second-order valence-electron chi connectivity index (χ2n) is 9.12. The van der Waals surface area contributed by atoms with Gasteiger partial charge in [0.25, 0.3) is 0 Å². The van der Waals surface area contributed by atoms with Gasteiger partial charge >= 0.3 is 0 Å². The van der Waals surface area contributed by atoms with Gasteiger partial charge in [-0.2, -0.15) is 0 Å². The normalized spacial score (nSPS) is 17.2. The van der Waals surface area contributed by atoms with Gasteiger partial charge in [0.05, 0.1) is 18.5 Å². The Morgan fingerprint density at radius 1 is 0.842 bits per heavy atom. The highest BCUT2D eigenvalue weighted by molar-refractivity contribution is 9.10. The Hall–Kier alpha value is -3.16. The SMILES string of the molecule is Cc1cccc(CC(=O)Nc2nnc([C@@H]3CCC[C@@H](c4nnc(NC(=O)Cc5cccc(Br)n5)s4)C3)s2)n1. The van der Waals surface area contributed by atoms with E-state index in [4.69, 9.17) is 0 Å². The van der Waals surface area contributed by atoms with E-state index in [9.17, 15) is 9.59 Å². The van der Waals surface area contributed by atoms with Crippen LogP contribution in [0.15, 0.2) is 41.0 Å². The number of pyridine rings is 2. The largest absolute Gasteiger partial charge is 0.300 e. The molecular formula is C25H25BrN8O2S2. The third-order valence-electron chi connectivity index (χ3n) is 6.15. The number of nitrogens with zero attached hydrogens (tertiary/aromatic N) is 6. The first-order valence-corrected chi connectivity index (χ1v) is 14.6. The molecule has 2 N–H and O–H groups in total. The predicted molar refractivity (Wildman–Crippen MR) is 149 cm³/mol. The van der Waals surface area contributed by atoms with Gasteiger partial charge in [0, 0.05) is 23.2 Å². The third-order valence-corrected chi connectivity index (χ3v) is 8.59. The van der Waals surface area contributed by atoms with Crippen LogP contribution in [0, 0.1) is 6.92 Å². The number of hydrogen-bond acceptors (Lipinski definition) is 10. The summed E-state index contributed by atoms with van der Waals surface area (Å²) in [5.74, 6) is 0.130. The van der Waals surface area contributed by atoms with E-state index < -0.39 is 0 Å². The molecule has 0 radical (unpaired) electrons. The molecule has 0 unspecified atom stereocenters. The van der Waals surface area contributed by atoms with Crippen molar-refractivity contribution in [3.63, 3.8) is 0 Å². The second kappa shape index (κ2) is 12.1. The highest BCUT2D eigenvalue weighted by Gasteiger charge is 2.29. The van der Waals surface area contributed by atoms with Crippen molar-refractivity contribution in [1.82, 2.24) is 30.4 Å². The Kier molecular flexibility index (Phi) is 8.45. The number of amides is 2.